The third kappa shape index (κ3) is 3.13. The Morgan fingerprint density at radius 1 is 1.33 bits per heavy atom. The van der Waals surface area contributed by atoms with E-state index in [2.05, 4.69) is 19.9 Å². The monoisotopic (exact) mass is 226 g/mol. The SMILES string of the molecule is CCC(C)(CCl)Cc1ccccc1OC. The molecule has 0 amide bonds. The van der Waals surface area contributed by atoms with Crippen LogP contribution in [0.5, 0.6) is 5.75 Å². The molecule has 84 valence electrons. The lowest BCUT2D eigenvalue weighted by Gasteiger charge is -2.26. The zero-order chi connectivity index (χ0) is 11.3. The molecule has 0 spiro atoms. The van der Waals surface area contributed by atoms with Gasteiger partial charge in [0.25, 0.3) is 0 Å². The van der Waals surface area contributed by atoms with E-state index in [0.29, 0.717) is 5.88 Å². The highest BCUT2D eigenvalue weighted by molar-refractivity contribution is 6.18. The second-order valence-electron chi connectivity index (χ2n) is 4.29. The Morgan fingerprint density at radius 3 is 2.53 bits per heavy atom. The largest absolute Gasteiger partial charge is 0.496 e. The molecular formula is C13H19ClO. The van der Waals surface area contributed by atoms with E-state index in [-0.39, 0.29) is 5.41 Å². The number of ether oxygens (including phenoxy) is 1. The van der Waals surface area contributed by atoms with Crippen LogP contribution in [0, 0.1) is 5.41 Å². The van der Waals surface area contributed by atoms with Gasteiger partial charge in [-0.2, -0.15) is 0 Å². The molecule has 2 heteroatoms. The maximum absolute atomic E-state index is 6.01. The molecule has 0 bridgehead atoms. The van der Waals surface area contributed by atoms with Crippen molar-refractivity contribution < 1.29 is 4.74 Å². The Bertz CT molecular complexity index is 305. The van der Waals surface area contributed by atoms with Crippen LogP contribution in [0.3, 0.4) is 0 Å². The lowest BCUT2D eigenvalue weighted by atomic mass is 9.83. The number of benzene rings is 1. The van der Waals surface area contributed by atoms with Gasteiger partial charge in [0.1, 0.15) is 5.75 Å². The summed E-state index contributed by atoms with van der Waals surface area (Å²) in [6.45, 7) is 4.39. The van der Waals surface area contributed by atoms with Crippen LogP contribution in [0.25, 0.3) is 0 Å². The average Bonchev–Trinajstić information content (AvgIpc) is 2.29. The first-order valence-corrected chi connectivity index (χ1v) is 5.86. The highest BCUT2D eigenvalue weighted by Crippen LogP contribution is 2.31. The summed E-state index contributed by atoms with van der Waals surface area (Å²) in [4.78, 5) is 0. The first kappa shape index (κ1) is 12.4. The molecule has 15 heavy (non-hydrogen) atoms. The van der Waals surface area contributed by atoms with E-state index in [1.165, 1.54) is 5.56 Å². The Kier molecular flexibility index (Phi) is 4.46. The van der Waals surface area contributed by atoms with Crippen LogP contribution >= 0.6 is 11.6 Å². The van der Waals surface area contributed by atoms with Gasteiger partial charge in [0.15, 0.2) is 0 Å². The quantitative estimate of drug-likeness (QED) is 0.693. The molecule has 0 aliphatic rings. The van der Waals surface area contributed by atoms with Crippen LogP contribution in [0.4, 0.5) is 0 Å². The standard InChI is InChI=1S/C13H19ClO/c1-4-13(2,10-14)9-11-7-5-6-8-12(11)15-3/h5-8H,4,9-10H2,1-3H3. The smallest absolute Gasteiger partial charge is 0.122 e. The van der Waals surface area contributed by atoms with Crippen molar-refractivity contribution in [3.8, 4) is 5.75 Å². The summed E-state index contributed by atoms with van der Waals surface area (Å²) in [5, 5.41) is 0. The molecule has 1 atom stereocenters. The number of para-hydroxylation sites is 1. The van der Waals surface area contributed by atoms with Gasteiger partial charge in [-0.05, 0) is 29.9 Å². The van der Waals surface area contributed by atoms with Gasteiger partial charge in [-0.1, -0.05) is 32.0 Å². The van der Waals surface area contributed by atoms with Gasteiger partial charge in [0.05, 0.1) is 7.11 Å². The molecule has 1 unspecified atom stereocenters. The summed E-state index contributed by atoms with van der Waals surface area (Å²) in [5.41, 5.74) is 1.40. The lowest BCUT2D eigenvalue weighted by molar-refractivity contribution is 0.343. The predicted molar refractivity (Wildman–Crippen MR) is 65.8 cm³/mol. The molecule has 0 fully saturated rings. The van der Waals surface area contributed by atoms with E-state index in [9.17, 15) is 0 Å². The molecule has 1 aromatic rings. The average molecular weight is 227 g/mol. The second kappa shape index (κ2) is 5.41. The van der Waals surface area contributed by atoms with E-state index in [0.717, 1.165) is 18.6 Å². The molecule has 0 N–H and O–H groups in total. The number of alkyl halides is 1. The minimum Gasteiger partial charge on any atom is -0.496 e. The van der Waals surface area contributed by atoms with Crippen molar-refractivity contribution in [2.24, 2.45) is 5.41 Å². The Hall–Kier alpha value is -0.690. The Morgan fingerprint density at radius 2 is 2.00 bits per heavy atom. The number of methoxy groups -OCH3 is 1. The molecule has 1 aromatic carbocycles. The number of hydrogen-bond donors (Lipinski definition) is 0. The molecule has 0 saturated heterocycles. The van der Waals surface area contributed by atoms with Gasteiger partial charge < -0.3 is 4.74 Å². The van der Waals surface area contributed by atoms with Gasteiger partial charge in [-0.25, -0.2) is 0 Å². The maximum Gasteiger partial charge on any atom is 0.122 e. The summed E-state index contributed by atoms with van der Waals surface area (Å²) in [5.74, 6) is 1.64. The molecular weight excluding hydrogens is 208 g/mol. The van der Waals surface area contributed by atoms with Gasteiger partial charge in [0.2, 0.25) is 0 Å². The van der Waals surface area contributed by atoms with E-state index in [1.807, 2.05) is 18.2 Å². The first-order chi connectivity index (χ1) is 7.15. The highest BCUT2D eigenvalue weighted by Gasteiger charge is 2.22. The summed E-state index contributed by atoms with van der Waals surface area (Å²) in [6.07, 6.45) is 2.05. The third-order valence-electron chi connectivity index (χ3n) is 2.99. The predicted octanol–water partition coefficient (Wildman–Crippen LogP) is 3.89. The molecule has 1 nitrogen and oxygen atoms in total. The number of hydrogen-bond acceptors (Lipinski definition) is 1. The number of halogens is 1. The van der Waals surface area contributed by atoms with Crippen molar-refractivity contribution in [2.45, 2.75) is 26.7 Å². The molecule has 0 aliphatic heterocycles. The Balaban J connectivity index is 2.87. The van der Waals surface area contributed by atoms with Crippen molar-refractivity contribution in [1.82, 2.24) is 0 Å². The number of rotatable bonds is 5. The molecule has 0 saturated carbocycles. The van der Waals surface area contributed by atoms with Crippen molar-refractivity contribution in [1.29, 1.82) is 0 Å². The fourth-order valence-electron chi connectivity index (χ4n) is 1.58. The van der Waals surface area contributed by atoms with Gasteiger partial charge in [-0.3, -0.25) is 0 Å². The summed E-state index contributed by atoms with van der Waals surface area (Å²) >= 11 is 6.01. The van der Waals surface area contributed by atoms with Gasteiger partial charge >= 0.3 is 0 Å². The molecule has 1 rings (SSSR count). The zero-order valence-corrected chi connectivity index (χ0v) is 10.5. The van der Waals surface area contributed by atoms with Gasteiger partial charge in [0, 0.05) is 5.88 Å². The van der Waals surface area contributed by atoms with Crippen molar-refractivity contribution >= 4 is 11.6 Å². The fourth-order valence-corrected chi connectivity index (χ4v) is 1.86. The second-order valence-corrected chi connectivity index (χ2v) is 4.55. The van der Waals surface area contributed by atoms with Crippen LogP contribution in [0.2, 0.25) is 0 Å². The highest BCUT2D eigenvalue weighted by atomic mass is 35.5. The molecule has 0 aromatic heterocycles. The molecule has 0 aliphatic carbocycles. The third-order valence-corrected chi connectivity index (χ3v) is 3.63. The molecule has 0 radical (unpaired) electrons. The minimum atomic E-state index is 0.163. The lowest BCUT2D eigenvalue weighted by Crippen LogP contribution is -2.20. The van der Waals surface area contributed by atoms with E-state index in [4.69, 9.17) is 16.3 Å². The summed E-state index contributed by atoms with van der Waals surface area (Å²) < 4.78 is 5.34. The first-order valence-electron chi connectivity index (χ1n) is 5.33. The van der Waals surface area contributed by atoms with E-state index < -0.39 is 0 Å². The van der Waals surface area contributed by atoms with Crippen LogP contribution in [0.1, 0.15) is 25.8 Å². The van der Waals surface area contributed by atoms with Crippen molar-refractivity contribution in [3.05, 3.63) is 29.8 Å². The minimum absolute atomic E-state index is 0.163. The topological polar surface area (TPSA) is 9.23 Å². The van der Waals surface area contributed by atoms with Crippen LogP contribution in [-0.2, 0) is 6.42 Å². The fraction of sp³-hybridized carbons (Fsp3) is 0.538. The summed E-state index contributed by atoms with van der Waals surface area (Å²) in [6, 6.07) is 8.15. The van der Waals surface area contributed by atoms with E-state index >= 15 is 0 Å². The normalized spacial score (nSPS) is 14.7. The van der Waals surface area contributed by atoms with Crippen LogP contribution < -0.4 is 4.74 Å². The van der Waals surface area contributed by atoms with E-state index in [1.54, 1.807) is 7.11 Å². The maximum atomic E-state index is 6.01. The summed E-state index contributed by atoms with van der Waals surface area (Å²) in [7, 11) is 1.71. The van der Waals surface area contributed by atoms with Gasteiger partial charge in [-0.15, -0.1) is 11.6 Å². The van der Waals surface area contributed by atoms with Crippen LogP contribution in [0.15, 0.2) is 24.3 Å². The Labute approximate surface area is 97.4 Å². The molecule has 0 heterocycles. The van der Waals surface area contributed by atoms with Crippen molar-refractivity contribution in [3.63, 3.8) is 0 Å². The van der Waals surface area contributed by atoms with Crippen molar-refractivity contribution in [2.75, 3.05) is 13.0 Å². The van der Waals surface area contributed by atoms with Crippen LogP contribution in [-0.4, -0.2) is 13.0 Å². The zero-order valence-electron chi connectivity index (χ0n) is 9.72.